The lowest BCUT2D eigenvalue weighted by Gasteiger charge is -2.65. The zero-order valence-corrected chi connectivity index (χ0v) is 18.4. The second-order valence-corrected chi connectivity index (χ2v) is 16.9. The van der Waals surface area contributed by atoms with Crippen molar-refractivity contribution in [3.63, 3.8) is 0 Å². The van der Waals surface area contributed by atoms with E-state index in [0.29, 0.717) is 5.92 Å². The minimum absolute atomic E-state index is 0.0972. The average Bonchev–Trinajstić information content (AvgIpc) is 2.10. The van der Waals surface area contributed by atoms with E-state index < -0.39 is 3.23 Å². The van der Waals surface area contributed by atoms with Crippen molar-refractivity contribution in [2.45, 2.75) is 35.3 Å². The van der Waals surface area contributed by atoms with E-state index in [4.69, 9.17) is 0 Å². The summed E-state index contributed by atoms with van der Waals surface area (Å²) >= 11 is 8.77. The van der Waals surface area contributed by atoms with E-state index in [1.807, 2.05) is 0 Å². The average molecular weight is 700 g/mol. The predicted octanol–water partition coefficient (Wildman–Crippen LogP) is 4.46. The van der Waals surface area contributed by atoms with Gasteiger partial charge in [0.05, 0.1) is 0 Å². The molecule has 4 rings (SSSR count). The molecule has 0 aromatic carbocycles. The molecule has 0 heterocycles. The summed E-state index contributed by atoms with van der Waals surface area (Å²) in [6.07, 6.45) is 6.08. The maximum absolute atomic E-state index is 10.8. The fourth-order valence-electron chi connectivity index (χ4n) is 5.09. The molecule has 4 saturated carbocycles. The Morgan fingerprint density at radius 3 is 1.78 bits per heavy atom. The highest BCUT2D eigenvalue weighted by Crippen LogP contribution is 2.72. The molecule has 18 heavy (non-hydrogen) atoms. The molecule has 0 amide bonds. The maximum atomic E-state index is 10.8. The third-order valence-corrected chi connectivity index (χ3v) is 8.78. The van der Waals surface area contributed by atoms with Gasteiger partial charge in [0.15, 0.2) is 3.23 Å². The molecule has 0 aliphatic heterocycles. The minimum atomic E-state index is -0.743. The second-order valence-electron chi connectivity index (χ2n) is 6.37. The molecule has 0 radical (unpaired) electrons. The van der Waals surface area contributed by atoms with E-state index in [2.05, 4.69) is 90.4 Å². The summed E-state index contributed by atoms with van der Waals surface area (Å²) in [4.78, 5) is 0. The first-order chi connectivity index (χ1) is 8.13. The van der Waals surface area contributed by atoms with Crippen molar-refractivity contribution in [1.82, 2.24) is 0 Å². The first-order valence-electron chi connectivity index (χ1n) is 6.34. The molecule has 104 valence electrons. The van der Waals surface area contributed by atoms with Crippen molar-refractivity contribution in [2.75, 3.05) is 0 Å². The number of alkyl halides is 4. The van der Waals surface area contributed by atoms with Crippen LogP contribution in [0, 0.1) is 29.1 Å². The number of aliphatic hydroxyl groups is 2. The highest BCUT2D eigenvalue weighted by molar-refractivity contribution is 14.2. The van der Waals surface area contributed by atoms with Crippen molar-refractivity contribution in [3.8, 4) is 0 Å². The molecule has 4 fully saturated rings. The van der Waals surface area contributed by atoms with Gasteiger partial charge >= 0.3 is 0 Å². The fraction of sp³-hybridized carbons (Fsp3) is 1.00. The van der Waals surface area contributed by atoms with Gasteiger partial charge < -0.3 is 10.2 Å². The van der Waals surface area contributed by atoms with Crippen LogP contribution >= 0.6 is 90.4 Å². The van der Waals surface area contributed by atoms with Crippen molar-refractivity contribution in [3.05, 3.63) is 0 Å². The number of hydrogen-bond acceptors (Lipinski definition) is 2. The van der Waals surface area contributed by atoms with Crippen LogP contribution in [0.3, 0.4) is 0 Å². The molecule has 4 aliphatic rings. The summed E-state index contributed by atoms with van der Waals surface area (Å²) in [5, 5.41) is 21.4. The molecule has 4 aliphatic carbocycles. The van der Waals surface area contributed by atoms with Gasteiger partial charge in [0, 0.05) is 11.3 Å². The molecule has 0 aromatic heterocycles. The topological polar surface area (TPSA) is 40.5 Å². The van der Waals surface area contributed by atoms with Crippen LogP contribution in [-0.2, 0) is 0 Å². The number of rotatable bonds is 2. The molecule has 0 spiro atoms. The van der Waals surface area contributed by atoms with Gasteiger partial charge in [-0.3, -0.25) is 0 Å². The highest BCUT2D eigenvalue weighted by Gasteiger charge is 2.67. The lowest BCUT2D eigenvalue weighted by atomic mass is 9.45. The van der Waals surface area contributed by atoms with Crippen molar-refractivity contribution >= 4 is 90.4 Å². The summed E-state index contributed by atoms with van der Waals surface area (Å²) in [6.45, 7) is 0. The molecule has 2 nitrogen and oxygen atoms in total. The monoisotopic (exact) mass is 700 g/mol. The van der Waals surface area contributed by atoms with Gasteiger partial charge in [-0.25, -0.2) is 0 Å². The van der Waals surface area contributed by atoms with E-state index in [1.54, 1.807) is 0 Å². The predicted molar refractivity (Wildman–Crippen MR) is 105 cm³/mol. The van der Waals surface area contributed by atoms with E-state index in [0.717, 1.165) is 24.7 Å². The molecule has 4 bridgehead atoms. The molecule has 6 heteroatoms. The summed E-state index contributed by atoms with van der Waals surface area (Å²) in [5.41, 5.74) is -0.0972. The summed E-state index contributed by atoms with van der Waals surface area (Å²) in [7, 11) is 0. The Balaban J connectivity index is 2.07. The Morgan fingerprint density at radius 1 is 0.889 bits per heavy atom. The second kappa shape index (κ2) is 4.92. The molecular weight excluding hydrogens is 684 g/mol. The third-order valence-electron chi connectivity index (χ3n) is 5.28. The third kappa shape index (κ3) is 2.41. The summed E-state index contributed by atoms with van der Waals surface area (Å²) in [6, 6.07) is 0. The van der Waals surface area contributed by atoms with Crippen LogP contribution in [0.1, 0.15) is 32.1 Å². The number of hydrogen-bond donors (Lipinski definition) is 2. The highest BCUT2D eigenvalue weighted by atomic mass is 127. The zero-order valence-electron chi connectivity index (χ0n) is 9.75. The van der Waals surface area contributed by atoms with Gasteiger partial charge in [0.1, 0.15) is 0 Å². The Labute approximate surface area is 162 Å². The van der Waals surface area contributed by atoms with E-state index in [-0.39, 0.29) is 11.3 Å². The van der Waals surface area contributed by atoms with E-state index in [1.165, 1.54) is 19.3 Å². The Bertz CT molecular complexity index is 346. The fourth-order valence-corrected chi connectivity index (χ4v) is 8.85. The van der Waals surface area contributed by atoms with Crippen LogP contribution in [0.4, 0.5) is 0 Å². The normalized spacial score (nSPS) is 47.7. The number of halogens is 4. The van der Waals surface area contributed by atoms with Crippen LogP contribution in [0.15, 0.2) is 0 Å². The van der Waals surface area contributed by atoms with Gasteiger partial charge in [0.25, 0.3) is 0 Å². The van der Waals surface area contributed by atoms with Gasteiger partial charge in [-0.15, -0.1) is 0 Å². The first-order valence-corrected chi connectivity index (χ1v) is 10.7. The van der Waals surface area contributed by atoms with Gasteiger partial charge in [-0.2, -0.15) is 0 Å². The van der Waals surface area contributed by atoms with Crippen molar-refractivity contribution in [2.24, 2.45) is 29.1 Å². The minimum Gasteiger partial charge on any atom is -0.370 e. The van der Waals surface area contributed by atoms with Crippen LogP contribution in [0.5, 0.6) is 0 Å². The van der Waals surface area contributed by atoms with Crippen LogP contribution in [-0.4, -0.2) is 13.4 Å². The van der Waals surface area contributed by atoms with Crippen LogP contribution in [0.25, 0.3) is 0 Å². The molecule has 0 saturated heterocycles. The zero-order chi connectivity index (χ0) is 13.3. The lowest BCUT2D eigenvalue weighted by molar-refractivity contribution is -0.161. The van der Waals surface area contributed by atoms with Gasteiger partial charge in [-0.05, 0) is 140 Å². The molecular formula is C12H16I4O2. The lowest BCUT2D eigenvalue weighted by Crippen LogP contribution is -2.63. The van der Waals surface area contributed by atoms with E-state index in [9.17, 15) is 10.2 Å². The molecule has 3 atom stereocenters. The molecule has 2 N–H and O–H groups in total. The smallest absolute Gasteiger partial charge is 0.172 e. The largest absolute Gasteiger partial charge is 0.370 e. The Morgan fingerprint density at radius 2 is 1.39 bits per heavy atom. The summed E-state index contributed by atoms with van der Waals surface area (Å²) < 4.78 is -1.48. The quantitative estimate of drug-likeness (QED) is 0.331. The van der Waals surface area contributed by atoms with Crippen molar-refractivity contribution < 1.29 is 10.2 Å². The standard InChI is InChI=1S/C12H16I4O2/c13-11(14,17)9-8-2-6-1-7(3-8)5-10(9,4-6)12(15,16)18/h6-9,17-18H,1-5H2. The molecule has 3 unspecified atom stereocenters. The molecule has 0 aromatic rings. The summed E-state index contributed by atoms with van der Waals surface area (Å²) in [5.74, 6) is 2.39. The Kier molecular flexibility index (Phi) is 4.30. The van der Waals surface area contributed by atoms with Crippen LogP contribution in [0.2, 0.25) is 0 Å². The van der Waals surface area contributed by atoms with Crippen molar-refractivity contribution in [1.29, 1.82) is 0 Å². The van der Waals surface area contributed by atoms with Gasteiger partial charge in [-0.1, -0.05) is 0 Å². The van der Waals surface area contributed by atoms with Gasteiger partial charge in [0.2, 0.25) is 0 Å². The maximum Gasteiger partial charge on any atom is 0.172 e. The SMILES string of the molecule is OC(I)(I)C1C2CC3CC(C2)CC1(C(O)(I)I)C3. The van der Waals surface area contributed by atoms with Crippen LogP contribution < -0.4 is 0 Å². The first kappa shape index (κ1) is 15.7. The Hall–Kier alpha value is 2.84. The van der Waals surface area contributed by atoms with E-state index >= 15 is 0 Å².